The van der Waals surface area contributed by atoms with E-state index in [2.05, 4.69) is 25.1 Å². The van der Waals surface area contributed by atoms with Crippen LogP contribution < -0.4 is 9.47 Å². The molecule has 30 heavy (non-hydrogen) atoms. The van der Waals surface area contributed by atoms with Crippen molar-refractivity contribution in [3.63, 3.8) is 0 Å². The maximum absolute atomic E-state index is 13.1. The molecule has 6 heteroatoms. The van der Waals surface area contributed by atoms with Crippen molar-refractivity contribution in [3.05, 3.63) is 58.1 Å². The SMILES string of the molecule is COc1cc(OC(F)F)c(C2CC(C)CC(CO)O2)cc1Cc1ccc2c(c1)CC2. The van der Waals surface area contributed by atoms with Crippen LogP contribution in [0.3, 0.4) is 0 Å². The highest BCUT2D eigenvalue weighted by molar-refractivity contribution is 5.50. The van der Waals surface area contributed by atoms with Crippen LogP contribution in [0.1, 0.15) is 53.7 Å². The second-order valence-corrected chi connectivity index (χ2v) is 8.37. The van der Waals surface area contributed by atoms with Crippen LogP contribution in [0.25, 0.3) is 0 Å². The summed E-state index contributed by atoms with van der Waals surface area (Å²) < 4.78 is 42.6. The van der Waals surface area contributed by atoms with Gasteiger partial charge in [0.05, 0.1) is 25.9 Å². The largest absolute Gasteiger partial charge is 0.496 e. The van der Waals surface area contributed by atoms with Crippen LogP contribution >= 0.6 is 0 Å². The van der Waals surface area contributed by atoms with Gasteiger partial charge in [0, 0.05) is 18.1 Å². The molecule has 1 aliphatic heterocycles. The van der Waals surface area contributed by atoms with Gasteiger partial charge in [-0.15, -0.1) is 0 Å². The average molecular weight is 418 g/mol. The molecule has 1 N–H and O–H groups in total. The molecule has 2 aromatic carbocycles. The van der Waals surface area contributed by atoms with E-state index in [4.69, 9.17) is 14.2 Å². The molecule has 0 radical (unpaired) electrons. The number of alkyl halides is 2. The quantitative estimate of drug-likeness (QED) is 0.699. The number of fused-ring (bicyclic) bond motifs is 1. The number of hydrogen-bond acceptors (Lipinski definition) is 4. The number of methoxy groups -OCH3 is 1. The first-order chi connectivity index (χ1) is 14.5. The van der Waals surface area contributed by atoms with E-state index >= 15 is 0 Å². The molecular formula is C24H28F2O4. The Balaban J connectivity index is 1.70. The van der Waals surface area contributed by atoms with E-state index in [1.807, 2.05) is 6.07 Å². The van der Waals surface area contributed by atoms with Crippen LogP contribution in [0.15, 0.2) is 30.3 Å². The summed E-state index contributed by atoms with van der Waals surface area (Å²) in [6.07, 6.45) is 3.56. The average Bonchev–Trinajstić information content (AvgIpc) is 2.69. The Hall–Kier alpha value is -2.18. The molecule has 1 heterocycles. The van der Waals surface area contributed by atoms with Gasteiger partial charge in [0.2, 0.25) is 0 Å². The zero-order valence-corrected chi connectivity index (χ0v) is 17.4. The number of rotatable bonds is 7. The summed E-state index contributed by atoms with van der Waals surface area (Å²) in [6, 6.07) is 9.89. The first kappa shape index (κ1) is 21.1. The van der Waals surface area contributed by atoms with Crippen molar-refractivity contribution in [2.24, 2.45) is 5.92 Å². The molecule has 3 unspecified atom stereocenters. The molecule has 2 aliphatic rings. The third-order valence-corrected chi connectivity index (χ3v) is 6.15. The van der Waals surface area contributed by atoms with Gasteiger partial charge in [-0.25, -0.2) is 0 Å². The highest BCUT2D eigenvalue weighted by atomic mass is 19.3. The van der Waals surface area contributed by atoms with Gasteiger partial charge in [0.25, 0.3) is 0 Å². The van der Waals surface area contributed by atoms with Crippen molar-refractivity contribution in [1.29, 1.82) is 0 Å². The minimum Gasteiger partial charge on any atom is -0.496 e. The van der Waals surface area contributed by atoms with Gasteiger partial charge in [0.15, 0.2) is 0 Å². The summed E-state index contributed by atoms with van der Waals surface area (Å²) in [5.41, 5.74) is 5.41. The number of halogens is 2. The summed E-state index contributed by atoms with van der Waals surface area (Å²) in [5.74, 6) is 0.886. The molecular weight excluding hydrogens is 390 g/mol. The van der Waals surface area contributed by atoms with E-state index in [-0.39, 0.29) is 18.5 Å². The molecule has 4 rings (SSSR count). The molecule has 0 amide bonds. The smallest absolute Gasteiger partial charge is 0.387 e. The van der Waals surface area contributed by atoms with Crippen LogP contribution in [0, 0.1) is 5.92 Å². The maximum atomic E-state index is 13.1. The maximum Gasteiger partial charge on any atom is 0.387 e. The fraction of sp³-hybridized carbons (Fsp3) is 0.500. The van der Waals surface area contributed by atoms with Crippen molar-refractivity contribution in [2.45, 2.75) is 57.8 Å². The van der Waals surface area contributed by atoms with E-state index in [1.165, 1.54) is 24.3 Å². The molecule has 1 fully saturated rings. The topological polar surface area (TPSA) is 47.9 Å². The van der Waals surface area contributed by atoms with Crippen molar-refractivity contribution in [1.82, 2.24) is 0 Å². The summed E-state index contributed by atoms with van der Waals surface area (Å²) >= 11 is 0. The summed E-state index contributed by atoms with van der Waals surface area (Å²) in [4.78, 5) is 0. The van der Waals surface area contributed by atoms with Gasteiger partial charge >= 0.3 is 6.61 Å². The Kier molecular flexibility index (Phi) is 6.25. The molecule has 0 bridgehead atoms. The van der Waals surface area contributed by atoms with E-state index in [9.17, 15) is 13.9 Å². The lowest BCUT2D eigenvalue weighted by Crippen LogP contribution is -2.30. The van der Waals surface area contributed by atoms with Gasteiger partial charge in [-0.05, 0) is 59.9 Å². The molecule has 2 aromatic rings. The van der Waals surface area contributed by atoms with Crippen molar-refractivity contribution >= 4 is 0 Å². The number of ether oxygens (including phenoxy) is 3. The zero-order chi connectivity index (χ0) is 21.3. The Morgan fingerprint density at radius 3 is 2.53 bits per heavy atom. The van der Waals surface area contributed by atoms with Crippen LogP contribution in [-0.4, -0.2) is 31.5 Å². The van der Waals surface area contributed by atoms with Gasteiger partial charge in [-0.3, -0.25) is 0 Å². The summed E-state index contributed by atoms with van der Waals surface area (Å²) in [5, 5.41) is 9.58. The third-order valence-electron chi connectivity index (χ3n) is 6.15. The van der Waals surface area contributed by atoms with Crippen LogP contribution in [0.4, 0.5) is 8.78 Å². The Morgan fingerprint density at radius 2 is 1.90 bits per heavy atom. The molecule has 0 aromatic heterocycles. The lowest BCUT2D eigenvalue weighted by Gasteiger charge is -2.34. The Morgan fingerprint density at radius 1 is 1.10 bits per heavy atom. The van der Waals surface area contributed by atoms with Crippen LogP contribution in [0.2, 0.25) is 0 Å². The molecule has 3 atom stereocenters. The monoisotopic (exact) mass is 418 g/mol. The highest BCUT2D eigenvalue weighted by Crippen LogP contribution is 2.42. The van der Waals surface area contributed by atoms with Gasteiger partial charge < -0.3 is 19.3 Å². The zero-order valence-electron chi connectivity index (χ0n) is 17.4. The number of aliphatic hydroxyl groups excluding tert-OH is 1. The standard InChI is InChI=1S/C24H28F2O4/c1-14-7-19(13-27)29-22(8-14)20-11-18(21(28-2)12-23(20)30-24(25)26)10-15-3-4-16-5-6-17(16)9-15/h3-4,9,11-12,14,19,22,24,27H,5-8,10,13H2,1-2H3. The van der Waals surface area contributed by atoms with E-state index in [0.29, 0.717) is 30.1 Å². The summed E-state index contributed by atoms with van der Waals surface area (Å²) in [6.45, 7) is -0.955. The van der Waals surface area contributed by atoms with Crippen LogP contribution in [-0.2, 0) is 24.0 Å². The molecule has 1 aliphatic carbocycles. The lowest BCUT2D eigenvalue weighted by atomic mass is 9.85. The Labute approximate surface area is 175 Å². The number of aryl methyl sites for hydroxylation is 2. The minimum atomic E-state index is -2.94. The van der Waals surface area contributed by atoms with Crippen molar-refractivity contribution in [2.75, 3.05) is 13.7 Å². The highest BCUT2D eigenvalue weighted by Gasteiger charge is 2.31. The number of benzene rings is 2. The Bertz CT molecular complexity index is 899. The van der Waals surface area contributed by atoms with Gasteiger partial charge in [0.1, 0.15) is 11.5 Å². The molecule has 0 spiro atoms. The molecule has 0 saturated carbocycles. The minimum absolute atomic E-state index is 0.0681. The van der Waals surface area contributed by atoms with Crippen molar-refractivity contribution in [3.8, 4) is 11.5 Å². The molecule has 4 nitrogen and oxygen atoms in total. The van der Waals surface area contributed by atoms with E-state index in [0.717, 1.165) is 30.4 Å². The van der Waals surface area contributed by atoms with Gasteiger partial charge in [-0.2, -0.15) is 8.78 Å². The second kappa shape index (κ2) is 8.90. The van der Waals surface area contributed by atoms with Crippen LogP contribution in [0.5, 0.6) is 11.5 Å². The van der Waals surface area contributed by atoms with Crippen molar-refractivity contribution < 1.29 is 28.1 Å². The number of aliphatic hydroxyl groups is 1. The number of hydrogen-bond donors (Lipinski definition) is 1. The fourth-order valence-corrected chi connectivity index (χ4v) is 4.55. The third kappa shape index (κ3) is 4.44. The molecule has 162 valence electrons. The predicted molar refractivity (Wildman–Crippen MR) is 109 cm³/mol. The predicted octanol–water partition coefficient (Wildman–Crippen LogP) is 4.83. The second-order valence-electron chi connectivity index (χ2n) is 8.37. The first-order valence-electron chi connectivity index (χ1n) is 10.5. The van der Waals surface area contributed by atoms with E-state index in [1.54, 1.807) is 0 Å². The van der Waals surface area contributed by atoms with E-state index < -0.39 is 12.7 Å². The fourth-order valence-electron chi connectivity index (χ4n) is 4.55. The normalized spacial score (nSPS) is 23.1. The van der Waals surface area contributed by atoms with Gasteiger partial charge in [-0.1, -0.05) is 25.1 Å². The molecule has 1 saturated heterocycles. The first-order valence-corrected chi connectivity index (χ1v) is 10.5. The lowest BCUT2D eigenvalue weighted by molar-refractivity contribution is -0.0942. The summed E-state index contributed by atoms with van der Waals surface area (Å²) in [7, 11) is 1.53.